The van der Waals surface area contributed by atoms with E-state index in [1.807, 2.05) is 30.5 Å². The summed E-state index contributed by atoms with van der Waals surface area (Å²) in [7, 11) is 0. The second-order valence-corrected chi connectivity index (χ2v) is 9.86. The molecular weight excluding hydrogens is 382 g/mol. The number of benzene rings is 1. The SMILES string of the molecule is O=C(CC1C[C@H]2CC[C@@H]1C2)N[C@H]1CC[C@@H](Nc2ccnc3cc(Cl)ccc23)CC1. The van der Waals surface area contributed by atoms with E-state index in [2.05, 4.69) is 15.6 Å². The van der Waals surface area contributed by atoms with Crippen molar-refractivity contribution >= 4 is 34.1 Å². The van der Waals surface area contributed by atoms with Crippen molar-refractivity contribution in [2.45, 2.75) is 69.9 Å². The summed E-state index contributed by atoms with van der Waals surface area (Å²) in [6.45, 7) is 0. The Morgan fingerprint density at radius 1 is 1.03 bits per heavy atom. The fraction of sp³-hybridized carbons (Fsp3) is 0.583. The fourth-order valence-electron chi connectivity index (χ4n) is 6.00. The molecule has 0 spiro atoms. The Labute approximate surface area is 177 Å². The fourth-order valence-corrected chi connectivity index (χ4v) is 6.17. The molecule has 0 saturated heterocycles. The minimum absolute atomic E-state index is 0.288. The number of pyridine rings is 1. The van der Waals surface area contributed by atoms with Crippen molar-refractivity contribution in [1.29, 1.82) is 0 Å². The predicted octanol–water partition coefficient (Wildman–Crippen LogP) is 5.55. The lowest BCUT2D eigenvalue weighted by atomic mass is 9.86. The number of rotatable bonds is 5. The molecule has 3 saturated carbocycles. The summed E-state index contributed by atoms with van der Waals surface area (Å²) in [4.78, 5) is 17.0. The normalized spacial score (nSPS) is 31.1. The second-order valence-electron chi connectivity index (χ2n) is 9.42. The molecule has 0 radical (unpaired) electrons. The van der Waals surface area contributed by atoms with E-state index >= 15 is 0 Å². The minimum Gasteiger partial charge on any atom is -0.382 e. The number of carbonyl (C=O) groups is 1. The lowest BCUT2D eigenvalue weighted by Crippen LogP contribution is -2.41. The van der Waals surface area contributed by atoms with E-state index in [1.54, 1.807) is 0 Å². The molecule has 2 aromatic rings. The van der Waals surface area contributed by atoms with Gasteiger partial charge in [-0.1, -0.05) is 18.0 Å². The van der Waals surface area contributed by atoms with Crippen molar-refractivity contribution in [3.63, 3.8) is 0 Å². The zero-order valence-electron chi connectivity index (χ0n) is 16.9. The maximum Gasteiger partial charge on any atom is 0.220 e. The van der Waals surface area contributed by atoms with Crippen LogP contribution in [0.2, 0.25) is 5.02 Å². The minimum atomic E-state index is 0.288. The van der Waals surface area contributed by atoms with Gasteiger partial charge in [-0.05, 0) is 87.0 Å². The summed E-state index contributed by atoms with van der Waals surface area (Å²) in [6, 6.07) is 8.68. The molecule has 5 rings (SSSR count). The summed E-state index contributed by atoms with van der Waals surface area (Å²) in [5.41, 5.74) is 2.04. The average molecular weight is 412 g/mol. The van der Waals surface area contributed by atoms with Gasteiger partial charge in [0.25, 0.3) is 0 Å². The zero-order chi connectivity index (χ0) is 19.8. The molecule has 4 nitrogen and oxygen atoms in total. The topological polar surface area (TPSA) is 54.0 Å². The van der Waals surface area contributed by atoms with Gasteiger partial charge in [0.15, 0.2) is 0 Å². The number of halogens is 1. The Hall–Kier alpha value is -1.81. The van der Waals surface area contributed by atoms with Crippen LogP contribution in [0.4, 0.5) is 5.69 Å². The monoisotopic (exact) mass is 411 g/mol. The summed E-state index contributed by atoms with van der Waals surface area (Å²) >= 11 is 6.10. The van der Waals surface area contributed by atoms with Gasteiger partial charge in [-0.2, -0.15) is 0 Å². The van der Waals surface area contributed by atoms with Gasteiger partial charge in [-0.3, -0.25) is 9.78 Å². The van der Waals surface area contributed by atoms with E-state index in [0.717, 1.165) is 60.5 Å². The van der Waals surface area contributed by atoms with Gasteiger partial charge in [0.2, 0.25) is 5.91 Å². The molecule has 1 aromatic heterocycles. The molecule has 0 aliphatic heterocycles. The van der Waals surface area contributed by atoms with Crippen molar-refractivity contribution < 1.29 is 4.79 Å². The number of hydrogen-bond donors (Lipinski definition) is 2. The molecule has 1 unspecified atom stereocenters. The highest BCUT2D eigenvalue weighted by Crippen LogP contribution is 2.49. The van der Waals surface area contributed by atoms with E-state index in [-0.39, 0.29) is 5.91 Å². The van der Waals surface area contributed by atoms with Crippen LogP contribution in [0.3, 0.4) is 0 Å². The predicted molar refractivity (Wildman–Crippen MR) is 118 cm³/mol. The third-order valence-corrected chi connectivity index (χ3v) is 7.72. The van der Waals surface area contributed by atoms with Crippen LogP contribution in [0.15, 0.2) is 30.5 Å². The molecule has 1 amide bonds. The third kappa shape index (κ3) is 4.23. The van der Waals surface area contributed by atoms with Crippen molar-refractivity contribution in [2.24, 2.45) is 17.8 Å². The van der Waals surface area contributed by atoms with Crippen LogP contribution in [0, 0.1) is 17.8 Å². The number of fused-ring (bicyclic) bond motifs is 3. The van der Waals surface area contributed by atoms with E-state index in [0.29, 0.717) is 23.0 Å². The van der Waals surface area contributed by atoms with Crippen LogP contribution in [0.5, 0.6) is 0 Å². The Kier molecular flexibility index (Phi) is 5.38. The van der Waals surface area contributed by atoms with E-state index in [4.69, 9.17) is 11.6 Å². The maximum absolute atomic E-state index is 12.5. The van der Waals surface area contributed by atoms with Gasteiger partial charge in [-0.25, -0.2) is 0 Å². The van der Waals surface area contributed by atoms with Crippen LogP contribution in [0.1, 0.15) is 57.8 Å². The molecule has 3 fully saturated rings. The highest BCUT2D eigenvalue weighted by atomic mass is 35.5. The molecule has 3 aliphatic rings. The molecular formula is C24H30ClN3O. The van der Waals surface area contributed by atoms with Gasteiger partial charge >= 0.3 is 0 Å². The summed E-state index contributed by atoms with van der Waals surface area (Å²) < 4.78 is 0. The molecule has 2 N–H and O–H groups in total. The summed E-state index contributed by atoms with van der Waals surface area (Å²) in [5.74, 6) is 2.69. The molecule has 29 heavy (non-hydrogen) atoms. The summed E-state index contributed by atoms with van der Waals surface area (Å²) in [5, 5.41) is 8.85. The number of aromatic nitrogens is 1. The Balaban J connectivity index is 1.12. The molecule has 3 aliphatic carbocycles. The molecule has 1 heterocycles. The van der Waals surface area contributed by atoms with Gasteiger partial charge < -0.3 is 10.6 Å². The van der Waals surface area contributed by atoms with E-state index in [9.17, 15) is 4.79 Å². The Bertz CT molecular complexity index is 893. The van der Waals surface area contributed by atoms with Crippen molar-refractivity contribution in [3.8, 4) is 0 Å². The van der Waals surface area contributed by atoms with Crippen LogP contribution in [-0.4, -0.2) is 23.0 Å². The number of amides is 1. The third-order valence-electron chi connectivity index (χ3n) is 7.49. The van der Waals surface area contributed by atoms with Gasteiger partial charge in [0, 0.05) is 40.8 Å². The van der Waals surface area contributed by atoms with Gasteiger partial charge in [-0.15, -0.1) is 0 Å². The Morgan fingerprint density at radius 2 is 1.86 bits per heavy atom. The van der Waals surface area contributed by atoms with Crippen LogP contribution in [0.25, 0.3) is 10.9 Å². The lowest BCUT2D eigenvalue weighted by Gasteiger charge is -2.31. The second kappa shape index (κ2) is 8.14. The van der Waals surface area contributed by atoms with Crippen molar-refractivity contribution in [1.82, 2.24) is 10.3 Å². The van der Waals surface area contributed by atoms with Crippen molar-refractivity contribution in [2.75, 3.05) is 5.32 Å². The molecule has 1 aromatic carbocycles. The molecule has 5 heteroatoms. The number of nitrogens with zero attached hydrogens (tertiary/aromatic N) is 1. The van der Waals surface area contributed by atoms with Crippen molar-refractivity contribution in [3.05, 3.63) is 35.5 Å². The average Bonchev–Trinajstić information content (AvgIpc) is 3.32. The maximum atomic E-state index is 12.5. The first-order chi connectivity index (χ1) is 14.1. The van der Waals surface area contributed by atoms with Crippen LogP contribution < -0.4 is 10.6 Å². The first-order valence-electron chi connectivity index (χ1n) is 11.2. The largest absolute Gasteiger partial charge is 0.382 e. The first-order valence-corrected chi connectivity index (χ1v) is 11.6. The van der Waals surface area contributed by atoms with E-state index in [1.165, 1.54) is 25.7 Å². The number of hydrogen-bond acceptors (Lipinski definition) is 3. The standard InChI is InChI=1S/C24H30ClN3O/c25-18-3-8-21-22(9-10-26-23(21)14-18)27-19-4-6-20(7-5-19)28-24(29)13-17-12-15-1-2-16(17)11-15/h3,8-10,14-17,19-20H,1-2,4-7,11-13H2,(H,26,27)(H,28,29)/t15-,16+,17?,19-,20+/m0/s1. The highest BCUT2D eigenvalue weighted by molar-refractivity contribution is 6.31. The Morgan fingerprint density at radius 3 is 2.62 bits per heavy atom. The first kappa shape index (κ1) is 19.2. The van der Waals surface area contributed by atoms with Gasteiger partial charge in [0.05, 0.1) is 5.52 Å². The molecule has 3 atom stereocenters. The zero-order valence-corrected chi connectivity index (χ0v) is 17.6. The number of nitrogens with one attached hydrogen (secondary N) is 2. The van der Waals surface area contributed by atoms with Crippen LogP contribution >= 0.6 is 11.6 Å². The smallest absolute Gasteiger partial charge is 0.220 e. The number of anilines is 1. The lowest BCUT2D eigenvalue weighted by molar-refractivity contribution is -0.123. The molecule has 2 bridgehead atoms. The van der Waals surface area contributed by atoms with E-state index < -0.39 is 0 Å². The quantitative estimate of drug-likeness (QED) is 0.677. The number of carbonyl (C=O) groups excluding carboxylic acids is 1. The van der Waals surface area contributed by atoms with Crippen LogP contribution in [-0.2, 0) is 4.79 Å². The molecule has 154 valence electrons. The summed E-state index contributed by atoms with van der Waals surface area (Å²) in [6.07, 6.45) is 12.3. The van der Waals surface area contributed by atoms with Gasteiger partial charge in [0.1, 0.15) is 0 Å². The highest BCUT2D eigenvalue weighted by Gasteiger charge is 2.40.